The standard InChI is InChI=1S/C25H33N3O4/c1-6-17(2)21(27-24(31)32-16-18-10-8-7-9-11-18)23(30)26-20-14-12-19(13-15-20)22(29)28-25(3,4)5/h7-15,17,21H,6,16H2,1-5H3,(H,26,30)(H,27,31)(H,28,29)/t17-,21-/m0/s1. The molecule has 0 saturated carbocycles. The van der Waals surface area contributed by atoms with Gasteiger partial charge in [0.05, 0.1) is 0 Å². The van der Waals surface area contributed by atoms with Gasteiger partial charge >= 0.3 is 6.09 Å². The maximum absolute atomic E-state index is 12.9. The van der Waals surface area contributed by atoms with E-state index in [1.807, 2.05) is 65.0 Å². The highest BCUT2D eigenvalue weighted by atomic mass is 16.5. The second-order valence-corrected chi connectivity index (χ2v) is 8.84. The van der Waals surface area contributed by atoms with Gasteiger partial charge in [0.25, 0.3) is 5.91 Å². The van der Waals surface area contributed by atoms with Crippen LogP contribution in [-0.2, 0) is 16.1 Å². The molecule has 0 saturated heterocycles. The molecule has 172 valence electrons. The van der Waals surface area contributed by atoms with E-state index in [-0.39, 0.29) is 29.9 Å². The fourth-order valence-corrected chi connectivity index (χ4v) is 2.93. The molecular formula is C25H33N3O4. The molecule has 2 rings (SSSR count). The number of carbonyl (C=O) groups excluding carboxylic acids is 3. The van der Waals surface area contributed by atoms with Crippen LogP contribution in [0.4, 0.5) is 10.5 Å². The van der Waals surface area contributed by atoms with Gasteiger partial charge in [0.2, 0.25) is 5.91 Å². The van der Waals surface area contributed by atoms with E-state index < -0.39 is 12.1 Å². The zero-order valence-electron chi connectivity index (χ0n) is 19.4. The fourth-order valence-electron chi connectivity index (χ4n) is 2.93. The van der Waals surface area contributed by atoms with E-state index in [1.165, 1.54) is 0 Å². The molecule has 0 bridgehead atoms. The number of hydrogen-bond donors (Lipinski definition) is 3. The Morgan fingerprint density at radius 2 is 1.59 bits per heavy atom. The van der Waals surface area contributed by atoms with Gasteiger partial charge in [-0.1, -0.05) is 50.6 Å². The van der Waals surface area contributed by atoms with Crippen molar-refractivity contribution in [1.82, 2.24) is 10.6 Å². The molecule has 3 N–H and O–H groups in total. The summed E-state index contributed by atoms with van der Waals surface area (Å²) in [6.07, 6.45) is 0.0479. The van der Waals surface area contributed by atoms with Gasteiger partial charge in [-0.05, 0) is 56.5 Å². The van der Waals surface area contributed by atoms with Crippen molar-refractivity contribution in [3.8, 4) is 0 Å². The van der Waals surface area contributed by atoms with Crippen molar-refractivity contribution in [1.29, 1.82) is 0 Å². The van der Waals surface area contributed by atoms with E-state index >= 15 is 0 Å². The third-order valence-corrected chi connectivity index (χ3v) is 4.88. The number of benzene rings is 2. The van der Waals surface area contributed by atoms with Crippen molar-refractivity contribution in [2.24, 2.45) is 5.92 Å². The van der Waals surface area contributed by atoms with Gasteiger partial charge in [-0.15, -0.1) is 0 Å². The summed E-state index contributed by atoms with van der Waals surface area (Å²) in [7, 11) is 0. The monoisotopic (exact) mass is 439 g/mol. The normalized spacial score (nSPS) is 12.9. The van der Waals surface area contributed by atoms with Crippen molar-refractivity contribution in [2.45, 2.75) is 59.2 Å². The van der Waals surface area contributed by atoms with Gasteiger partial charge in [0.15, 0.2) is 0 Å². The lowest BCUT2D eigenvalue weighted by Gasteiger charge is -2.23. The van der Waals surface area contributed by atoms with Crippen LogP contribution in [0.15, 0.2) is 54.6 Å². The minimum absolute atomic E-state index is 0.101. The molecule has 7 heteroatoms. The molecule has 0 aliphatic heterocycles. The van der Waals surface area contributed by atoms with E-state index in [0.29, 0.717) is 17.7 Å². The van der Waals surface area contributed by atoms with E-state index in [9.17, 15) is 14.4 Å². The zero-order valence-corrected chi connectivity index (χ0v) is 19.4. The first-order valence-electron chi connectivity index (χ1n) is 10.8. The lowest BCUT2D eigenvalue weighted by molar-refractivity contribution is -0.119. The largest absolute Gasteiger partial charge is 0.445 e. The Kier molecular flexibility index (Phi) is 8.81. The van der Waals surface area contributed by atoms with Crippen molar-refractivity contribution in [2.75, 3.05) is 5.32 Å². The Morgan fingerprint density at radius 1 is 0.969 bits per heavy atom. The van der Waals surface area contributed by atoms with Gasteiger partial charge in [0.1, 0.15) is 12.6 Å². The molecule has 0 aromatic heterocycles. The molecule has 0 aliphatic carbocycles. The summed E-state index contributed by atoms with van der Waals surface area (Å²) in [6, 6.07) is 15.2. The van der Waals surface area contributed by atoms with Gasteiger partial charge in [-0.2, -0.15) is 0 Å². The van der Waals surface area contributed by atoms with Crippen LogP contribution in [0.25, 0.3) is 0 Å². The van der Waals surface area contributed by atoms with Crippen LogP contribution >= 0.6 is 0 Å². The molecule has 2 atom stereocenters. The summed E-state index contributed by atoms with van der Waals surface area (Å²) >= 11 is 0. The van der Waals surface area contributed by atoms with E-state index in [1.54, 1.807) is 24.3 Å². The zero-order chi connectivity index (χ0) is 23.7. The molecule has 2 aromatic carbocycles. The number of anilines is 1. The highest BCUT2D eigenvalue weighted by Gasteiger charge is 2.27. The summed E-state index contributed by atoms with van der Waals surface area (Å²) in [5.41, 5.74) is 1.56. The molecule has 0 fully saturated rings. The van der Waals surface area contributed by atoms with Gasteiger partial charge in [0, 0.05) is 16.8 Å². The molecule has 2 aromatic rings. The topological polar surface area (TPSA) is 96.5 Å². The third-order valence-electron chi connectivity index (χ3n) is 4.88. The first-order valence-corrected chi connectivity index (χ1v) is 10.8. The van der Waals surface area contributed by atoms with Crippen LogP contribution in [0.1, 0.15) is 57.0 Å². The fraction of sp³-hybridized carbons (Fsp3) is 0.400. The Hall–Kier alpha value is -3.35. The second-order valence-electron chi connectivity index (χ2n) is 8.84. The number of ether oxygens (including phenoxy) is 1. The van der Waals surface area contributed by atoms with Crippen molar-refractivity contribution < 1.29 is 19.1 Å². The lowest BCUT2D eigenvalue weighted by atomic mass is 9.98. The average molecular weight is 440 g/mol. The average Bonchev–Trinajstić information content (AvgIpc) is 2.75. The predicted octanol–water partition coefficient (Wildman–Crippen LogP) is 4.49. The maximum Gasteiger partial charge on any atom is 0.408 e. The Labute approximate surface area is 189 Å². The van der Waals surface area contributed by atoms with Crippen molar-refractivity contribution in [3.63, 3.8) is 0 Å². The van der Waals surface area contributed by atoms with E-state index in [2.05, 4.69) is 16.0 Å². The highest BCUT2D eigenvalue weighted by molar-refractivity contribution is 5.98. The summed E-state index contributed by atoms with van der Waals surface area (Å²) in [5.74, 6) is -0.630. The van der Waals surface area contributed by atoms with Gasteiger partial charge in [-0.25, -0.2) is 4.79 Å². The van der Waals surface area contributed by atoms with Crippen molar-refractivity contribution >= 4 is 23.6 Å². The molecule has 0 unspecified atom stereocenters. The van der Waals surface area contributed by atoms with Crippen LogP contribution in [0, 0.1) is 5.92 Å². The summed E-state index contributed by atoms with van der Waals surface area (Å²) in [4.78, 5) is 37.4. The molecule has 0 heterocycles. The van der Waals surface area contributed by atoms with Gasteiger partial charge in [-0.3, -0.25) is 9.59 Å². The molecule has 7 nitrogen and oxygen atoms in total. The second kappa shape index (κ2) is 11.3. The van der Waals surface area contributed by atoms with Crippen molar-refractivity contribution in [3.05, 3.63) is 65.7 Å². The number of alkyl carbamates (subject to hydrolysis) is 1. The minimum atomic E-state index is -0.757. The van der Waals surface area contributed by atoms with Crippen LogP contribution in [-0.4, -0.2) is 29.5 Å². The van der Waals surface area contributed by atoms with E-state index in [4.69, 9.17) is 4.74 Å². The summed E-state index contributed by atoms with van der Waals surface area (Å²) in [5, 5.41) is 8.38. The smallest absolute Gasteiger partial charge is 0.408 e. The lowest BCUT2D eigenvalue weighted by Crippen LogP contribution is -2.47. The number of rotatable bonds is 8. The number of carbonyl (C=O) groups is 3. The maximum atomic E-state index is 12.9. The predicted molar refractivity (Wildman–Crippen MR) is 125 cm³/mol. The SMILES string of the molecule is CC[C@H](C)[C@H](NC(=O)OCc1ccccc1)C(=O)Nc1ccc(C(=O)NC(C)(C)C)cc1. The number of hydrogen-bond acceptors (Lipinski definition) is 4. The van der Waals surface area contributed by atoms with Crippen LogP contribution in [0.2, 0.25) is 0 Å². The highest BCUT2D eigenvalue weighted by Crippen LogP contribution is 2.15. The van der Waals surface area contributed by atoms with Crippen LogP contribution in [0.3, 0.4) is 0 Å². The molecule has 0 aliphatic rings. The quantitative estimate of drug-likeness (QED) is 0.564. The van der Waals surface area contributed by atoms with Crippen LogP contribution in [0.5, 0.6) is 0 Å². The molecule has 3 amide bonds. The molecule has 32 heavy (non-hydrogen) atoms. The Morgan fingerprint density at radius 3 is 2.16 bits per heavy atom. The summed E-state index contributed by atoms with van der Waals surface area (Å²) in [6.45, 7) is 9.69. The first kappa shape index (κ1) is 24.9. The Balaban J connectivity index is 1.98. The molecular weight excluding hydrogens is 406 g/mol. The minimum Gasteiger partial charge on any atom is -0.445 e. The Bertz CT molecular complexity index is 905. The number of amides is 3. The van der Waals surface area contributed by atoms with Crippen LogP contribution < -0.4 is 16.0 Å². The molecule has 0 radical (unpaired) electrons. The van der Waals surface area contributed by atoms with Gasteiger partial charge < -0.3 is 20.7 Å². The molecule has 0 spiro atoms. The summed E-state index contributed by atoms with van der Waals surface area (Å²) < 4.78 is 5.26. The first-order chi connectivity index (χ1) is 15.1. The number of nitrogens with one attached hydrogen (secondary N) is 3. The van der Waals surface area contributed by atoms with E-state index in [0.717, 1.165) is 5.56 Å². The third kappa shape index (κ3) is 8.06.